The van der Waals surface area contributed by atoms with Gasteiger partial charge in [0, 0.05) is 18.5 Å². The molecule has 0 aliphatic heterocycles. The van der Waals surface area contributed by atoms with E-state index in [0.29, 0.717) is 31.0 Å². The molecule has 0 aliphatic rings. The van der Waals surface area contributed by atoms with E-state index in [9.17, 15) is 9.18 Å². The molecule has 1 aromatic heterocycles. The van der Waals surface area contributed by atoms with Gasteiger partial charge in [-0.3, -0.25) is 4.79 Å². The Bertz CT molecular complexity index is 950. The Morgan fingerprint density at radius 1 is 1.21 bits per heavy atom. The molecule has 1 heterocycles. The minimum absolute atomic E-state index is 0.0699. The second-order valence-corrected chi connectivity index (χ2v) is 6.27. The van der Waals surface area contributed by atoms with E-state index in [1.54, 1.807) is 22.9 Å². The summed E-state index contributed by atoms with van der Waals surface area (Å²) in [5, 5.41) is 7.37. The van der Waals surface area contributed by atoms with Gasteiger partial charge >= 0.3 is 0 Å². The highest BCUT2D eigenvalue weighted by Crippen LogP contribution is 2.31. The van der Waals surface area contributed by atoms with Crippen LogP contribution in [0.3, 0.4) is 0 Å². The van der Waals surface area contributed by atoms with Crippen molar-refractivity contribution in [3.63, 3.8) is 0 Å². The molecule has 6 heteroatoms. The largest absolute Gasteiger partial charge is 0.439 e. The number of nitrogens with zero attached hydrogens (tertiary/aromatic N) is 2. The van der Waals surface area contributed by atoms with Crippen molar-refractivity contribution in [1.29, 1.82) is 0 Å². The second kappa shape index (κ2) is 8.99. The molecule has 0 bridgehead atoms. The Balaban J connectivity index is 1.93. The summed E-state index contributed by atoms with van der Waals surface area (Å²) in [5.41, 5.74) is 2.45. The first-order chi connectivity index (χ1) is 13.6. The molecule has 0 atom stereocenters. The number of para-hydroxylation sites is 1. The van der Waals surface area contributed by atoms with Crippen LogP contribution in [0.2, 0.25) is 0 Å². The van der Waals surface area contributed by atoms with Crippen molar-refractivity contribution in [2.75, 3.05) is 6.54 Å². The Morgan fingerprint density at radius 2 is 1.93 bits per heavy atom. The number of benzene rings is 2. The minimum Gasteiger partial charge on any atom is -0.439 e. The maximum absolute atomic E-state index is 13.2. The average molecular weight is 379 g/mol. The standard InChI is InChI=1S/C22H22FN3O2/c1-3-15-24-21(27)14-13-20-16(2)25-26(18-7-5-4-6-8-18)22(20)28-19-11-9-17(23)10-12-19/h3-12H,1,13-15H2,2H3,(H,24,27). The zero-order valence-electron chi connectivity index (χ0n) is 15.7. The normalized spacial score (nSPS) is 10.5. The molecule has 1 N–H and O–H groups in total. The Labute approximate surface area is 163 Å². The Hall–Kier alpha value is -3.41. The lowest BCUT2D eigenvalue weighted by atomic mass is 10.1. The van der Waals surface area contributed by atoms with Crippen LogP contribution in [0.1, 0.15) is 17.7 Å². The zero-order chi connectivity index (χ0) is 19.9. The summed E-state index contributed by atoms with van der Waals surface area (Å²) in [6, 6.07) is 15.4. The molecule has 3 aromatic rings. The second-order valence-electron chi connectivity index (χ2n) is 6.27. The first kappa shape index (κ1) is 19.4. The summed E-state index contributed by atoms with van der Waals surface area (Å²) in [7, 11) is 0. The van der Waals surface area contributed by atoms with Crippen LogP contribution in [0.5, 0.6) is 11.6 Å². The van der Waals surface area contributed by atoms with E-state index in [1.165, 1.54) is 12.1 Å². The molecule has 3 rings (SSSR count). The van der Waals surface area contributed by atoms with Crippen LogP contribution < -0.4 is 10.1 Å². The number of ether oxygens (including phenoxy) is 1. The molecule has 5 nitrogen and oxygen atoms in total. The number of halogens is 1. The van der Waals surface area contributed by atoms with Crippen LogP contribution in [-0.4, -0.2) is 22.2 Å². The lowest BCUT2D eigenvalue weighted by molar-refractivity contribution is -0.120. The maximum atomic E-state index is 13.2. The highest BCUT2D eigenvalue weighted by Gasteiger charge is 2.19. The van der Waals surface area contributed by atoms with Gasteiger partial charge in [-0.25, -0.2) is 9.07 Å². The summed E-state index contributed by atoms with van der Waals surface area (Å²) >= 11 is 0. The molecule has 0 unspecified atom stereocenters. The molecule has 0 spiro atoms. The molecule has 144 valence electrons. The van der Waals surface area contributed by atoms with Gasteiger partial charge in [-0.1, -0.05) is 24.3 Å². The number of rotatable bonds is 8. The van der Waals surface area contributed by atoms with Crippen LogP contribution in [-0.2, 0) is 11.2 Å². The number of hydrogen-bond donors (Lipinski definition) is 1. The summed E-state index contributed by atoms with van der Waals surface area (Å²) in [6.07, 6.45) is 2.41. The maximum Gasteiger partial charge on any atom is 0.226 e. The van der Waals surface area contributed by atoms with E-state index in [1.807, 2.05) is 37.3 Å². The smallest absolute Gasteiger partial charge is 0.226 e. The number of aryl methyl sites for hydroxylation is 1. The van der Waals surface area contributed by atoms with Gasteiger partial charge < -0.3 is 10.1 Å². The number of hydrogen-bond acceptors (Lipinski definition) is 3. The van der Waals surface area contributed by atoms with E-state index in [2.05, 4.69) is 17.0 Å². The van der Waals surface area contributed by atoms with E-state index >= 15 is 0 Å². The van der Waals surface area contributed by atoms with Gasteiger partial charge in [0.05, 0.1) is 11.4 Å². The van der Waals surface area contributed by atoms with Crippen molar-refractivity contribution in [2.45, 2.75) is 19.8 Å². The van der Waals surface area contributed by atoms with Crippen LogP contribution in [0, 0.1) is 12.7 Å². The SMILES string of the molecule is C=CCNC(=O)CCc1c(C)nn(-c2ccccc2)c1Oc1ccc(F)cc1. The van der Waals surface area contributed by atoms with Crippen LogP contribution in [0.15, 0.2) is 67.3 Å². The van der Waals surface area contributed by atoms with Gasteiger partial charge in [0.2, 0.25) is 11.8 Å². The van der Waals surface area contributed by atoms with Gasteiger partial charge in [-0.05, 0) is 49.7 Å². The number of nitrogens with one attached hydrogen (secondary N) is 1. The van der Waals surface area contributed by atoms with E-state index in [0.717, 1.165) is 16.9 Å². The van der Waals surface area contributed by atoms with Crippen molar-refractivity contribution in [3.05, 3.63) is 84.3 Å². The molecule has 0 radical (unpaired) electrons. The summed E-state index contributed by atoms with van der Waals surface area (Å²) < 4.78 is 21.0. The third-order valence-corrected chi connectivity index (χ3v) is 4.21. The van der Waals surface area contributed by atoms with Gasteiger partial charge in [0.1, 0.15) is 11.6 Å². The van der Waals surface area contributed by atoms with E-state index in [4.69, 9.17) is 4.74 Å². The summed E-state index contributed by atoms with van der Waals surface area (Å²) in [6.45, 7) is 5.91. The van der Waals surface area contributed by atoms with Crippen LogP contribution in [0.25, 0.3) is 5.69 Å². The predicted molar refractivity (Wildman–Crippen MR) is 106 cm³/mol. The first-order valence-electron chi connectivity index (χ1n) is 9.03. The van der Waals surface area contributed by atoms with Gasteiger partial charge in [-0.15, -0.1) is 6.58 Å². The lowest BCUT2D eigenvalue weighted by Crippen LogP contribution is -2.23. The number of amides is 1. The Kier molecular flexibility index (Phi) is 6.22. The molecule has 28 heavy (non-hydrogen) atoms. The highest BCUT2D eigenvalue weighted by atomic mass is 19.1. The number of carbonyl (C=O) groups is 1. The topological polar surface area (TPSA) is 56.2 Å². The summed E-state index contributed by atoms with van der Waals surface area (Å²) in [5.74, 6) is 0.612. The molecule has 0 saturated carbocycles. The Morgan fingerprint density at radius 3 is 2.61 bits per heavy atom. The van der Waals surface area contributed by atoms with Crippen molar-refractivity contribution >= 4 is 5.91 Å². The molecular formula is C22H22FN3O2. The van der Waals surface area contributed by atoms with Gasteiger partial charge in [0.25, 0.3) is 0 Å². The fourth-order valence-electron chi connectivity index (χ4n) is 2.80. The molecular weight excluding hydrogens is 357 g/mol. The molecule has 1 amide bonds. The fourth-order valence-corrected chi connectivity index (χ4v) is 2.80. The van der Waals surface area contributed by atoms with E-state index in [-0.39, 0.29) is 11.7 Å². The molecule has 0 fully saturated rings. The van der Waals surface area contributed by atoms with Crippen LogP contribution in [0.4, 0.5) is 4.39 Å². The van der Waals surface area contributed by atoms with Crippen molar-refractivity contribution in [2.24, 2.45) is 0 Å². The molecule has 0 aliphatic carbocycles. The summed E-state index contributed by atoms with van der Waals surface area (Å²) in [4.78, 5) is 12.0. The average Bonchev–Trinajstić information content (AvgIpc) is 3.02. The van der Waals surface area contributed by atoms with E-state index < -0.39 is 0 Å². The minimum atomic E-state index is -0.334. The highest BCUT2D eigenvalue weighted by molar-refractivity contribution is 5.76. The monoisotopic (exact) mass is 379 g/mol. The van der Waals surface area contributed by atoms with Crippen molar-refractivity contribution in [1.82, 2.24) is 15.1 Å². The predicted octanol–water partition coefficient (Wildman–Crippen LogP) is 4.35. The third-order valence-electron chi connectivity index (χ3n) is 4.21. The number of aromatic nitrogens is 2. The van der Waals surface area contributed by atoms with Gasteiger partial charge in [-0.2, -0.15) is 5.10 Å². The molecule has 2 aromatic carbocycles. The lowest BCUT2D eigenvalue weighted by Gasteiger charge is -2.11. The van der Waals surface area contributed by atoms with Crippen molar-refractivity contribution < 1.29 is 13.9 Å². The van der Waals surface area contributed by atoms with Gasteiger partial charge in [0.15, 0.2) is 0 Å². The quantitative estimate of drug-likeness (QED) is 0.592. The van der Waals surface area contributed by atoms with Crippen LogP contribution >= 0.6 is 0 Å². The first-order valence-corrected chi connectivity index (χ1v) is 9.03. The van der Waals surface area contributed by atoms with Crippen molar-refractivity contribution in [3.8, 4) is 17.3 Å². The number of carbonyl (C=O) groups excluding carboxylic acids is 1. The fraction of sp³-hybridized carbons (Fsp3) is 0.182. The zero-order valence-corrected chi connectivity index (χ0v) is 15.7. The molecule has 0 saturated heterocycles. The third kappa shape index (κ3) is 4.65.